The molecule has 2 rings (SSSR count). The summed E-state index contributed by atoms with van der Waals surface area (Å²) in [6.07, 6.45) is 4.68. The molecule has 1 aromatic heterocycles. The molecule has 2 heteroatoms. The largest absolute Gasteiger partial charge is 0.255 e. The first-order valence-electron chi connectivity index (χ1n) is 8.97. The maximum atomic E-state index is 5.24. The van der Waals surface area contributed by atoms with Gasteiger partial charge < -0.3 is 0 Å². The quantitative estimate of drug-likeness (QED) is 0.481. The first-order valence-corrected chi connectivity index (χ1v) is 9.79. The van der Waals surface area contributed by atoms with Crippen LogP contribution < -0.4 is 0 Å². The van der Waals surface area contributed by atoms with Crippen LogP contribution in [0.2, 0.25) is 0 Å². The molecule has 0 N–H and O–H groups in total. The molecule has 0 radical (unpaired) electrons. The van der Waals surface area contributed by atoms with Crippen molar-refractivity contribution < 1.29 is 0 Å². The van der Waals surface area contributed by atoms with Crippen LogP contribution >= 0.6 is 11.3 Å². The average molecular weight is 330 g/mol. The number of fused-ring (bicyclic) bond motifs is 1. The fourth-order valence-electron chi connectivity index (χ4n) is 3.03. The first kappa shape index (κ1) is 18.2. The van der Waals surface area contributed by atoms with Crippen molar-refractivity contribution in [3.63, 3.8) is 0 Å². The van der Waals surface area contributed by atoms with E-state index in [0.717, 1.165) is 12.8 Å². The average Bonchev–Trinajstić information content (AvgIpc) is 2.85. The van der Waals surface area contributed by atoms with Crippen LogP contribution in [-0.4, -0.2) is 5.71 Å². The maximum absolute atomic E-state index is 5.24. The Bertz CT molecular complexity index is 673. The molecule has 1 heterocycles. The Balaban J connectivity index is 2.62. The summed E-state index contributed by atoms with van der Waals surface area (Å²) in [4.78, 5) is 6.70. The van der Waals surface area contributed by atoms with Crippen molar-refractivity contribution in [2.75, 3.05) is 0 Å². The van der Waals surface area contributed by atoms with E-state index >= 15 is 0 Å². The third kappa shape index (κ3) is 4.23. The monoisotopic (exact) mass is 329 g/mol. The van der Waals surface area contributed by atoms with E-state index < -0.39 is 0 Å². The molecular formula is C21H31NS. The Morgan fingerprint density at radius 2 is 1.83 bits per heavy atom. The zero-order chi connectivity index (χ0) is 17.0. The minimum Gasteiger partial charge on any atom is -0.255 e. The number of hydrogen-bond acceptors (Lipinski definition) is 2. The second-order valence-corrected chi connectivity index (χ2v) is 8.64. The zero-order valence-electron chi connectivity index (χ0n) is 15.6. The van der Waals surface area contributed by atoms with E-state index in [2.05, 4.69) is 65.8 Å². The van der Waals surface area contributed by atoms with Gasteiger partial charge in [-0.2, -0.15) is 0 Å². The summed E-state index contributed by atoms with van der Waals surface area (Å²) in [6.45, 7) is 13.7. The Kier molecular flexibility index (Phi) is 6.02. The first-order chi connectivity index (χ1) is 10.9. The van der Waals surface area contributed by atoms with E-state index in [1.165, 1.54) is 39.2 Å². The highest BCUT2D eigenvalue weighted by molar-refractivity contribution is 7.19. The van der Waals surface area contributed by atoms with Gasteiger partial charge in [0.15, 0.2) is 0 Å². The van der Waals surface area contributed by atoms with E-state index in [-0.39, 0.29) is 5.41 Å². The van der Waals surface area contributed by atoms with Gasteiger partial charge in [0, 0.05) is 26.1 Å². The predicted molar refractivity (Wildman–Crippen MR) is 107 cm³/mol. The van der Waals surface area contributed by atoms with E-state index in [9.17, 15) is 0 Å². The molecule has 0 saturated heterocycles. The third-order valence-corrected chi connectivity index (χ3v) is 5.76. The van der Waals surface area contributed by atoms with E-state index in [0.29, 0.717) is 5.92 Å². The van der Waals surface area contributed by atoms with Gasteiger partial charge in [-0.15, -0.1) is 11.3 Å². The van der Waals surface area contributed by atoms with Gasteiger partial charge in [0.2, 0.25) is 0 Å². The van der Waals surface area contributed by atoms with Gasteiger partial charge in [-0.05, 0) is 24.8 Å². The zero-order valence-corrected chi connectivity index (χ0v) is 16.4. The van der Waals surface area contributed by atoms with Gasteiger partial charge in [-0.1, -0.05) is 72.6 Å². The molecule has 1 atom stereocenters. The van der Waals surface area contributed by atoms with Crippen molar-refractivity contribution in [3.05, 3.63) is 29.1 Å². The molecule has 1 nitrogen and oxygen atoms in total. The number of thiophene rings is 1. The van der Waals surface area contributed by atoms with Gasteiger partial charge in [0.1, 0.15) is 0 Å². The lowest BCUT2D eigenvalue weighted by Crippen LogP contribution is -2.19. The number of hydrogen-bond donors (Lipinski definition) is 0. The van der Waals surface area contributed by atoms with Gasteiger partial charge in [-0.3, -0.25) is 4.99 Å². The molecule has 0 aliphatic carbocycles. The summed E-state index contributed by atoms with van der Waals surface area (Å²) in [5, 5.41) is 1.33. The lowest BCUT2D eigenvalue weighted by atomic mass is 9.87. The molecule has 0 amide bonds. The van der Waals surface area contributed by atoms with Crippen LogP contribution in [-0.2, 0) is 0 Å². The molecule has 0 aliphatic rings. The van der Waals surface area contributed by atoms with Crippen molar-refractivity contribution in [3.8, 4) is 0 Å². The molecular weight excluding hydrogens is 298 g/mol. The lowest BCUT2D eigenvalue weighted by Gasteiger charge is -2.22. The van der Waals surface area contributed by atoms with Gasteiger partial charge in [0.05, 0.1) is 5.69 Å². The minimum atomic E-state index is 0.129. The Hall–Kier alpha value is -1.15. The molecule has 126 valence electrons. The third-order valence-electron chi connectivity index (χ3n) is 4.36. The van der Waals surface area contributed by atoms with Crippen LogP contribution in [0.5, 0.6) is 0 Å². The summed E-state index contributed by atoms with van der Waals surface area (Å²) in [7, 11) is 0. The molecule has 1 unspecified atom stereocenters. The molecule has 0 saturated carbocycles. The minimum absolute atomic E-state index is 0.129. The number of nitrogens with zero attached hydrogens (tertiary/aromatic N) is 1. The highest BCUT2D eigenvalue weighted by Gasteiger charge is 2.22. The van der Waals surface area contributed by atoms with Crippen molar-refractivity contribution >= 4 is 32.8 Å². The van der Waals surface area contributed by atoms with Crippen molar-refractivity contribution in [2.45, 2.75) is 73.1 Å². The van der Waals surface area contributed by atoms with Crippen molar-refractivity contribution in [2.24, 2.45) is 10.4 Å². The summed E-state index contributed by atoms with van der Waals surface area (Å²) in [5.41, 5.74) is 2.70. The van der Waals surface area contributed by atoms with E-state index in [1.807, 2.05) is 11.3 Å². The number of rotatable bonds is 6. The SMILES string of the molecule is CCCC(=Nc1c(C(C)CCC)sc2ccccc12)C(C)(C)C. The normalized spacial score (nSPS) is 14.4. The number of aliphatic imine (C=N–C) groups is 1. The van der Waals surface area contributed by atoms with Crippen LogP contribution in [0.15, 0.2) is 29.3 Å². The van der Waals surface area contributed by atoms with Crippen molar-refractivity contribution in [1.82, 2.24) is 0 Å². The summed E-state index contributed by atoms with van der Waals surface area (Å²) >= 11 is 1.94. The van der Waals surface area contributed by atoms with Crippen molar-refractivity contribution in [1.29, 1.82) is 0 Å². The van der Waals surface area contributed by atoms with Gasteiger partial charge in [0.25, 0.3) is 0 Å². The van der Waals surface area contributed by atoms with Crippen LogP contribution in [0, 0.1) is 5.41 Å². The standard InChI is InChI=1S/C21H31NS/c1-7-11-15(3)20-19(16-13-9-10-14-17(16)23-20)22-18(12-8-2)21(4,5)6/h9-10,13-15H,7-8,11-12H2,1-6H3. The van der Waals surface area contributed by atoms with E-state index in [1.54, 1.807) is 0 Å². The van der Waals surface area contributed by atoms with Crippen LogP contribution in [0.1, 0.15) is 78.0 Å². The molecule has 0 fully saturated rings. The fraction of sp³-hybridized carbons (Fsp3) is 0.571. The predicted octanol–water partition coefficient (Wildman–Crippen LogP) is 7.72. The van der Waals surface area contributed by atoms with Crippen LogP contribution in [0.4, 0.5) is 5.69 Å². The lowest BCUT2D eigenvalue weighted by molar-refractivity contribution is 0.575. The van der Waals surface area contributed by atoms with E-state index in [4.69, 9.17) is 4.99 Å². The Morgan fingerprint density at radius 1 is 1.13 bits per heavy atom. The second kappa shape index (κ2) is 7.61. The van der Waals surface area contributed by atoms with Gasteiger partial charge in [-0.25, -0.2) is 0 Å². The molecule has 23 heavy (non-hydrogen) atoms. The highest BCUT2D eigenvalue weighted by Crippen LogP contribution is 2.44. The molecule has 1 aromatic carbocycles. The smallest absolute Gasteiger partial charge is 0.0849 e. The second-order valence-electron chi connectivity index (χ2n) is 7.56. The topological polar surface area (TPSA) is 12.4 Å². The maximum Gasteiger partial charge on any atom is 0.0849 e. The van der Waals surface area contributed by atoms with Crippen LogP contribution in [0.25, 0.3) is 10.1 Å². The van der Waals surface area contributed by atoms with Crippen LogP contribution in [0.3, 0.4) is 0 Å². The van der Waals surface area contributed by atoms with Gasteiger partial charge >= 0.3 is 0 Å². The Labute approximate surface area is 145 Å². The Morgan fingerprint density at radius 3 is 2.43 bits per heavy atom. The molecule has 0 aliphatic heterocycles. The highest BCUT2D eigenvalue weighted by atomic mass is 32.1. The molecule has 0 bridgehead atoms. The number of benzene rings is 1. The molecule has 2 aromatic rings. The molecule has 0 spiro atoms. The summed E-state index contributed by atoms with van der Waals surface area (Å²) < 4.78 is 1.37. The fourth-order valence-corrected chi connectivity index (χ4v) is 4.26. The summed E-state index contributed by atoms with van der Waals surface area (Å²) in [5.74, 6) is 0.582. The summed E-state index contributed by atoms with van der Waals surface area (Å²) in [6, 6.07) is 8.74.